The molecule has 0 amide bonds. The van der Waals surface area contributed by atoms with Crippen molar-refractivity contribution in [3.8, 4) is 5.75 Å². The van der Waals surface area contributed by atoms with Crippen molar-refractivity contribution in [2.45, 2.75) is 39.2 Å². The Kier molecular flexibility index (Phi) is 7.58. The Morgan fingerprint density at radius 3 is 2.79 bits per heavy atom. The van der Waals surface area contributed by atoms with Crippen LogP contribution in [0.2, 0.25) is 0 Å². The van der Waals surface area contributed by atoms with Crippen LogP contribution in [-0.4, -0.2) is 24.2 Å². The van der Waals surface area contributed by atoms with Gasteiger partial charge in [-0.1, -0.05) is 0 Å². The molecule has 0 unspecified atom stereocenters. The summed E-state index contributed by atoms with van der Waals surface area (Å²) in [6.45, 7) is 3.34. The van der Waals surface area contributed by atoms with Gasteiger partial charge in [0, 0.05) is 13.0 Å². The summed E-state index contributed by atoms with van der Waals surface area (Å²) in [5, 5.41) is 0. The first-order valence-corrected chi connectivity index (χ1v) is 6.69. The van der Waals surface area contributed by atoms with Crippen LogP contribution in [0.15, 0.2) is 18.3 Å². The average Bonchev–Trinajstić information content (AvgIpc) is 2.43. The van der Waals surface area contributed by atoms with Crippen molar-refractivity contribution in [1.82, 2.24) is 4.98 Å². The second-order valence-corrected chi connectivity index (χ2v) is 4.15. The lowest BCUT2D eigenvalue weighted by Crippen LogP contribution is -2.04. The van der Waals surface area contributed by atoms with Crippen LogP contribution in [0.4, 0.5) is 0 Å². The normalized spacial score (nSPS) is 10.2. The predicted octanol–water partition coefficient (Wildman–Crippen LogP) is 2.04. The highest BCUT2D eigenvalue weighted by atomic mass is 16.5. The summed E-state index contributed by atoms with van der Waals surface area (Å²) in [6, 6.07) is 3.73. The number of carbonyl (C=O) groups excluding carboxylic acids is 1. The molecule has 0 bridgehead atoms. The van der Waals surface area contributed by atoms with Crippen LogP contribution in [-0.2, 0) is 16.1 Å². The van der Waals surface area contributed by atoms with Crippen molar-refractivity contribution in [1.29, 1.82) is 0 Å². The van der Waals surface area contributed by atoms with Gasteiger partial charge in [-0.3, -0.25) is 9.78 Å². The lowest BCUT2D eigenvalue weighted by atomic mass is 10.2. The number of unbranched alkanes of at least 4 members (excludes halogenated alkanes) is 2. The van der Waals surface area contributed by atoms with Crippen LogP contribution in [0, 0.1) is 0 Å². The molecule has 0 aliphatic carbocycles. The summed E-state index contributed by atoms with van der Waals surface area (Å²) in [7, 11) is 0. The van der Waals surface area contributed by atoms with Crippen molar-refractivity contribution in [3.63, 3.8) is 0 Å². The van der Waals surface area contributed by atoms with Gasteiger partial charge in [0.15, 0.2) is 0 Å². The number of aromatic nitrogens is 1. The Morgan fingerprint density at radius 2 is 2.16 bits per heavy atom. The van der Waals surface area contributed by atoms with E-state index in [1.165, 1.54) is 0 Å². The van der Waals surface area contributed by atoms with Gasteiger partial charge in [0.05, 0.1) is 25.1 Å². The first-order chi connectivity index (χ1) is 9.26. The Labute approximate surface area is 114 Å². The molecule has 1 aromatic heterocycles. The molecule has 0 saturated heterocycles. The highest BCUT2D eigenvalue weighted by molar-refractivity contribution is 5.69. The fourth-order valence-electron chi connectivity index (χ4n) is 1.59. The summed E-state index contributed by atoms with van der Waals surface area (Å²) >= 11 is 0. The van der Waals surface area contributed by atoms with Crippen LogP contribution >= 0.6 is 0 Å². The maximum absolute atomic E-state index is 11.1. The van der Waals surface area contributed by atoms with Crippen LogP contribution in [0.5, 0.6) is 5.75 Å². The minimum absolute atomic E-state index is 0.120. The number of pyridine rings is 1. The molecular weight excluding hydrogens is 244 g/mol. The summed E-state index contributed by atoms with van der Waals surface area (Å²) in [4.78, 5) is 15.2. The highest BCUT2D eigenvalue weighted by Gasteiger charge is 2.01. The molecule has 2 N–H and O–H groups in total. The zero-order valence-electron chi connectivity index (χ0n) is 11.4. The van der Waals surface area contributed by atoms with Gasteiger partial charge in [-0.25, -0.2) is 0 Å². The maximum Gasteiger partial charge on any atom is 0.305 e. The summed E-state index contributed by atoms with van der Waals surface area (Å²) in [5.74, 6) is 0.632. The van der Waals surface area contributed by atoms with E-state index in [9.17, 15) is 4.79 Å². The quantitative estimate of drug-likeness (QED) is 0.547. The molecule has 0 saturated carbocycles. The molecule has 5 nitrogen and oxygen atoms in total. The topological polar surface area (TPSA) is 74.4 Å². The molecule has 0 aliphatic heterocycles. The zero-order valence-corrected chi connectivity index (χ0v) is 11.4. The Bertz CT molecular complexity index is 365. The highest BCUT2D eigenvalue weighted by Crippen LogP contribution is 2.10. The van der Waals surface area contributed by atoms with E-state index in [-0.39, 0.29) is 5.97 Å². The van der Waals surface area contributed by atoms with E-state index in [4.69, 9.17) is 15.2 Å². The molecule has 1 rings (SSSR count). The van der Waals surface area contributed by atoms with Gasteiger partial charge in [-0.15, -0.1) is 0 Å². The lowest BCUT2D eigenvalue weighted by Gasteiger charge is -2.06. The van der Waals surface area contributed by atoms with Crippen LogP contribution < -0.4 is 10.5 Å². The van der Waals surface area contributed by atoms with E-state index in [1.807, 2.05) is 19.1 Å². The minimum atomic E-state index is -0.120. The molecule has 0 radical (unpaired) electrons. The molecule has 0 aromatic carbocycles. The minimum Gasteiger partial charge on any atom is -0.492 e. The van der Waals surface area contributed by atoms with Gasteiger partial charge < -0.3 is 15.2 Å². The summed E-state index contributed by atoms with van der Waals surface area (Å²) in [6.07, 6.45) is 4.87. The number of esters is 1. The smallest absolute Gasteiger partial charge is 0.305 e. The molecule has 19 heavy (non-hydrogen) atoms. The molecule has 106 valence electrons. The molecule has 1 aromatic rings. The van der Waals surface area contributed by atoms with Crippen molar-refractivity contribution in [2.24, 2.45) is 5.73 Å². The number of nitrogens with zero attached hydrogens (tertiary/aromatic N) is 1. The molecule has 0 atom stereocenters. The Hall–Kier alpha value is -1.62. The van der Waals surface area contributed by atoms with Gasteiger partial charge in [0.2, 0.25) is 0 Å². The van der Waals surface area contributed by atoms with Crippen LogP contribution in [0.1, 0.15) is 38.3 Å². The lowest BCUT2D eigenvalue weighted by molar-refractivity contribution is -0.143. The van der Waals surface area contributed by atoms with E-state index in [2.05, 4.69) is 4.98 Å². The van der Waals surface area contributed by atoms with Gasteiger partial charge >= 0.3 is 5.97 Å². The first-order valence-electron chi connectivity index (χ1n) is 6.69. The SMILES string of the molecule is CCOC(=O)CCCCCOc1ccc(CN)nc1. The van der Waals surface area contributed by atoms with Gasteiger partial charge in [0.1, 0.15) is 5.75 Å². The van der Waals surface area contributed by atoms with Crippen molar-refractivity contribution >= 4 is 5.97 Å². The fourth-order valence-corrected chi connectivity index (χ4v) is 1.59. The Morgan fingerprint density at radius 1 is 1.32 bits per heavy atom. The zero-order chi connectivity index (χ0) is 13.9. The number of hydrogen-bond acceptors (Lipinski definition) is 5. The number of carbonyl (C=O) groups is 1. The third-order valence-corrected chi connectivity index (χ3v) is 2.61. The number of ether oxygens (including phenoxy) is 2. The number of rotatable bonds is 9. The number of nitrogens with two attached hydrogens (primary N) is 1. The van der Waals surface area contributed by atoms with Crippen molar-refractivity contribution in [3.05, 3.63) is 24.0 Å². The van der Waals surface area contributed by atoms with E-state index < -0.39 is 0 Å². The van der Waals surface area contributed by atoms with Gasteiger partial charge in [0.25, 0.3) is 0 Å². The van der Waals surface area contributed by atoms with E-state index in [1.54, 1.807) is 6.20 Å². The summed E-state index contributed by atoms with van der Waals surface area (Å²) < 4.78 is 10.4. The fraction of sp³-hybridized carbons (Fsp3) is 0.571. The van der Waals surface area contributed by atoms with Crippen LogP contribution in [0.3, 0.4) is 0 Å². The maximum atomic E-state index is 11.1. The molecule has 0 fully saturated rings. The largest absolute Gasteiger partial charge is 0.492 e. The molecule has 5 heteroatoms. The van der Waals surface area contributed by atoms with E-state index in [0.717, 1.165) is 30.7 Å². The van der Waals surface area contributed by atoms with Crippen molar-refractivity contribution in [2.75, 3.05) is 13.2 Å². The van der Waals surface area contributed by atoms with E-state index >= 15 is 0 Å². The average molecular weight is 266 g/mol. The summed E-state index contributed by atoms with van der Waals surface area (Å²) in [5.41, 5.74) is 6.31. The predicted molar refractivity (Wildman–Crippen MR) is 72.7 cm³/mol. The monoisotopic (exact) mass is 266 g/mol. The molecular formula is C14H22N2O3. The van der Waals surface area contributed by atoms with E-state index in [0.29, 0.717) is 26.2 Å². The molecule has 1 heterocycles. The third-order valence-electron chi connectivity index (χ3n) is 2.61. The Balaban J connectivity index is 2.05. The number of hydrogen-bond donors (Lipinski definition) is 1. The van der Waals surface area contributed by atoms with Crippen molar-refractivity contribution < 1.29 is 14.3 Å². The second-order valence-electron chi connectivity index (χ2n) is 4.15. The van der Waals surface area contributed by atoms with Gasteiger partial charge in [-0.2, -0.15) is 0 Å². The van der Waals surface area contributed by atoms with Crippen LogP contribution in [0.25, 0.3) is 0 Å². The first kappa shape index (κ1) is 15.4. The molecule has 0 spiro atoms. The second kappa shape index (κ2) is 9.33. The third kappa shape index (κ3) is 6.76. The molecule has 0 aliphatic rings. The standard InChI is InChI=1S/C14H22N2O3/c1-2-18-14(17)6-4-3-5-9-19-13-8-7-12(10-15)16-11-13/h7-8,11H,2-6,9-10,15H2,1H3. The van der Waals surface area contributed by atoms with Gasteiger partial charge in [-0.05, 0) is 38.3 Å².